The summed E-state index contributed by atoms with van der Waals surface area (Å²) in [5, 5.41) is 11.7. The van der Waals surface area contributed by atoms with Crippen molar-refractivity contribution in [1.82, 2.24) is 19.3 Å². The number of hydrogen-bond donors (Lipinski definition) is 1. The number of unbranched alkanes of at least 4 members (excludes halogenated alkanes) is 1. The zero-order valence-electron chi connectivity index (χ0n) is 17.5. The van der Waals surface area contributed by atoms with Crippen molar-refractivity contribution in [3.8, 4) is 17.3 Å². The predicted molar refractivity (Wildman–Crippen MR) is 117 cm³/mol. The summed E-state index contributed by atoms with van der Waals surface area (Å²) in [4.78, 5) is 29.7. The smallest absolute Gasteiger partial charge is 0.356 e. The maximum atomic E-state index is 13.0. The van der Waals surface area contributed by atoms with Crippen LogP contribution in [-0.4, -0.2) is 32.6 Å². The number of alkyl halides is 3. The van der Waals surface area contributed by atoms with Crippen LogP contribution in [0.5, 0.6) is 0 Å². The third-order valence-corrected chi connectivity index (χ3v) is 5.14. The zero-order valence-corrected chi connectivity index (χ0v) is 18.3. The van der Waals surface area contributed by atoms with E-state index in [1.807, 2.05) is 6.07 Å². The van der Waals surface area contributed by atoms with Gasteiger partial charge in [-0.15, -0.1) is 0 Å². The van der Waals surface area contributed by atoms with E-state index in [1.165, 1.54) is 21.4 Å². The second-order valence-corrected chi connectivity index (χ2v) is 7.90. The number of carbonyl (C=O) groups is 1. The van der Waals surface area contributed by atoms with Gasteiger partial charge in [0, 0.05) is 54.5 Å². The van der Waals surface area contributed by atoms with E-state index in [0.29, 0.717) is 35.7 Å². The predicted octanol–water partition coefficient (Wildman–Crippen LogP) is 4.12. The molecule has 0 unspecified atom stereocenters. The fraction of sp³-hybridized carbons (Fsp3) is 0.364. The first-order chi connectivity index (χ1) is 15.7. The summed E-state index contributed by atoms with van der Waals surface area (Å²) in [6.45, 7) is 0.261. The Bertz CT molecular complexity index is 1230. The molecule has 33 heavy (non-hydrogen) atoms. The van der Waals surface area contributed by atoms with Crippen LogP contribution in [-0.2, 0) is 17.8 Å². The Labute approximate surface area is 192 Å². The van der Waals surface area contributed by atoms with E-state index in [-0.39, 0.29) is 30.7 Å². The molecule has 0 saturated heterocycles. The van der Waals surface area contributed by atoms with Crippen LogP contribution < -0.4 is 10.9 Å². The number of imidazole rings is 1. The fourth-order valence-corrected chi connectivity index (χ4v) is 3.43. The van der Waals surface area contributed by atoms with E-state index in [0.717, 1.165) is 0 Å². The molecule has 2 aromatic heterocycles. The molecule has 0 radical (unpaired) electrons. The third-order valence-electron chi connectivity index (χ3n) is 4.89. The highest BCUT2D eigenvalue weighted by Crippen LogP contribution is 2.23. The Morgan fingerprint density at radius 2 is 1.91 bits per heavy atom. The molecule has 3 aromatic rings. The first kappa shape index (κ1) is 24.3. The van der Waals surface area contributed by atoms with Gasteiger partial charge in [-0.25, -0.2) is 4.98 Å². The van der Waals surface area contributed by atoms with Crippen LogP contribution in [0.2, 0.25) is 5.02 Å². The molecule has 0 saturated carbocycles. The van der Waals surface area contributed by atoms with Crippen molar-refractivity contribution in [2.75, 3.05) is 6.54 Å². The second-order valence-electron chi connectivity index (χ2n) is 7.46. The topological polar surface area (TPSA) is 92.2 Å². The number of fused-ring (bicyclic) bond motifs is 1. The molecule has 1 amide bonds. The summed E-state index contributed by atoms with van der Waals surface area (Å²) < 4.78 is 40.7. The zero-order chi connectivity index (χ0) is 24.0. The molecule has 0 aliphatic rings. The highest BCUT2D eigenvalue weighted by molar-refractivity contribution is 6.30. The lowest BCUT2D eigenvalue weighted by Gasteiger charge is -2.12. The first-order valence-electron chi connectivity index (χ1n) is 10.3. The van der Waals surface area contributed by atoms with E-state index < -0.39 is 24.1 Å². The minimum absolute atomic E-state index is 0.0306. The second kappa shape index (κ2) is 10.5. The van der Waals surface area contributed by atoms with Gasteiger partial charge in [0.05, 0.1) is 18.2 Å². The van der Waals surface area contributed by atoms with Crippen molar-refractivity contribution in [3.05, 3.63) is 57.6 Å². The average molecular weight is 480 g/mol. The fourth-order valence-electron chi connectivity index (χ4n) is 3.30. The molecule has 11 heteroatoms. The van der Waals surface area contributed by atoms with Crippen molar-refractivity contribution in [1.29, 1.82) is 5.26 Å². The molecule has 1 N–H and O–H groups in total. The molecule has 0 bridgehead atoms. The number of carbonyl (C=O) groups excluding carboxylic acids is 1. The number of nitriles is 1. The van der Waals surface area contributed by atoms with Crippen LogP contribution in [0.15, 0.2) is 41.5 Å². The van der Waals surface area contributed by atoms with Crippen LogP contribution in [0.4, 0.5) is 13.2 Å². The highest BCUT2D eigenvalue weighted by atomic mass is 35.5. The molecular formula is C22H21ClF3N5O2. The number of amides is 1. The molecule has 1 aromatic carbocycles. The normalized spacial score (nSPS) is 11.5. The number of rotatable bonds is 9. The van der Waals surface area contributed by atoms with Crippen LogP contribution in [0.1, 0.15) is 31.2 Å². The van der Waals surface area contributed by atoms with Gasteiger partial charge in [0.2, 0.25) is 11.7 Å². The van der Waals surface area contributed by atoms with Gasteiger partial charge >= 0.3 is 6.18 Å². The monoisotopic (exact) mass is 479 g/mol. The molecule has 0 aliphatic heterocycles. The first-order valence-corrected chi connectivity index (χ1v) is 10.6. The van der Waals surface area contributed by atoms with Gasteiger partial charge in [0.25, 0.3) is 5.56 Å². The summed E-state index contributed by atoms with van der Waals surface area (Å²) in [7, 11) is 0. The van der Waals surface area contributed by atoms with E-state index in [2.05, 4.69) is 10.3 Å². The molecule has 7 nitrogen and oxygen atoms in total. The number of benzene rings is 1. The van der Waals surface area contributed by atoms with E-state index in [4.69, 9.17) is 16.9 Å². The number of aromatic nitrogens is 3. The van der Waals surface area contributed by atoms with Gasteiger partial charge in [0.15, 0.2) is 0 Å². The summed E-state index contributed by atoms with van der Waals surface area (Å²) in [5.41, 5.74) is 0.789. The van der Waals surface area contributed by atoms with Crippen molar-refractivity contribution in [3.63, 3.8) is 0 Å². The molecule has 174 valence electrons. The van der Waals surface area contributed by atoms with Gasteiger partial charge in [0.1, 0.15) is 0 Å². The number of nitrogens with one attached hydrogen (secondary N) is 1. The quantitative estimate of drug-likeness (QED) is 0.467. The lowest BCUT2D eigenvalue weighted by atomic mass is 10.2. The average Bonchev–Trinajstić information content (AvgIpc) is 3.20. The molecule has 0 fully saturated rings. The molecule has 2 heterocycles. The molecule has 0 atom stereocenters. The maximum Gasteiger partial charge on any atom is 0.389 e. The van der Waals surface area contributed by atoms with Crippen molar-refractivity contribution in [2.45, 2.75) is 44.8 Å². The molecule has 3 rings (SSSR count). The van der Waals surface area contributed by atoms with Gasteiger partial charge in [-0.05, 0) is 25.0 Å². The van der Waals surface area contributed by atoms with Crippen molar-refractivity contribution >= 4 is 23.3 Å². The van der Waals surface area contributed by atoms with Crippen LogP contribution in [0.25, 0.3) is 17.0 Å². The summed E-state index contributed by atoms with van der Waals surface area (Å²) in [5.74, 6) is -0.227. The number of nitrogens with zero attached hydrogens (tertiary/aromatic N) is 4. The molecule has 0 aliphatic carbocycles. The van der Waals surface area contributed by atoms with Gasteiger partial charge < -0.3 is 9.88 Å². The Kier molecular flexibility index (Phi) is 7.76. The maximum absolute atomic E-state index is 13.0. The number of aryl methyl sites for hydroxylation is 1. The Morgan fingerprint density at radius 1 is 1.18 bits per heavy atom. The number of hydrogen-bond acceptors (Lipinski definition) is 4. The summed E-state index contributed by atoms with van der Waals surface area (Å²) in [6.07, 6.45) is -2.07. The van der Waals surface area contributed by atoms with E-state index >= 15 is 0 Å². The minimum atomic E-state index is -4.30. The highest BCUT2D eigenvalue weighted by Gasteiger charge is 2.26. The van der Waals surface area contributed by atoms with Gasteiger partial charge in [-0.2, -0.15) is 18.4 Å². The minimum Gasteiger partial charge on any atom is -0.356 e. The van der Waals surface area contributed by atoms with Crippen LogP contribution in [0.3, 0.4) is 0 Å². The van der Waals surface area contributed by atoms with E-state index in [9.17, 15) is 22.8 Å². The van der Waals surface area contributed by atoms with Crippen LogP contribution in [0, 0.1) is 11.3 Å². The molecule has 0 spiro atoms. The van der Waals surface area contributed by atoms with E-state index in [1.54, 1.807) is 24.3 Å². The van der Waals surface area contributed by atoms with Crippen molar-refractivity contribution < 1.29 is 18.0 Å². The van der Waals surface area contributed by atoms with Gasteiger partial charge in [-0.3, -0.25) is 14.0 Å². The SMILES string of the molecule is N#CCCCNC(=O)Cc1cn(CCCC(F)(F)F)c2nc(-c3ccc(Cl)cc3)cn2c1=O. The largest absolute Gasteiger partial charge is 0.389 e. The Balaban J connectivity index is 1.94. The molecular weight excluding hydrogens is 459 g/mol. The Hall–Kier alpha value is -3.32. The summed E-state index contributed by atoms with van der Waals surface area (Å²) in [6, 6.07) is 8.75. The number of halogens is 4. The lowest BCUT2D eigenvalue weighted by Crippen LogP contribution is -2.30. The standard InChI is InChI=1S/C22H21ClF3N5O2/c23-17-6-4-15(5-7-17)18-14-31-20(33)16(12-19(32)28-10-2-1-9-27)13-30(21(31)29-18)11-3-8-22(24,25)26/h4-7,13-14H,1-3,8,10-12H2,(H,28,32). The Morgan fingerprint density at radius 3 is 2.58 bits per heavy atom. The summed E-state index contributed by atoms with van der Waals surface area (Å²) >= 11 is 5.92. The lowest BCUT2D eigenvalue weighted by molar-refractivity contribution is -0.135. The third kappa shape index (κ3) is 6.58. The van der Waals surface area contributed by atoms with Crippen LogP contribution >= 0.6 is 11.6 Å². The van der Waals surface area contributed by atoms with Gasteiger partial charge in [-0.1, -0.05) is 23.7 Å². The van der Waals surface area contributed by atoms with Crippen molar-refractivity contribution in [2.24, 2.45) is 0 Å².